The number of hydrogen-bond donors (Lipinski definition) is 3. The summed E-state index contributed by atoms with van der Waals surface area (Å²) in [4.78, 5) is 15.4. The predicted octanol–water partition coefficient (Wildman–Crippen LogP) is 1.56. The van der Waals surface area contributed by atoms with Crippen molar-refractivity contribution in [3.63, 3.8) is 0 Å². The molecule has 0 aliphatic rings. The molecule has 0 bridgehead atoms. The molecule has 0 radical (unpaired) electrons. The first-order valence-electron chi connectivity index (χ1n) is 5.97. The van der Waals surface area contributed by atoms with Gasteiger partial charge in [0.2, 0.25) is 16.5 Å². The highest BCUT2D eigenvalue weighted by atomic mass is 35.5. The molecule has 0 amide bonds. The number of aromatic nitrogens is 3. The first kappa shape index (κ1) is 15.3. The summed E-state index contributed by atoms with van der Waals surface area (Å²) >= 11 is 11.4. The average molecular weight is 326 g/mol. The van der Waals surface area contributed by atoms with Crippen LogP contribution in [0.5, 0.6) is 0 Å². The number of benzene rings is 1. The third kappa shape index (κ3) is 5.05. The van der Waals surface area contributed by atoms with Crippen LogP contribution in [0.2, 0.25) is 10.6 Å². The van der Waals surface area contributed by atoms with Crippen molar-refractivity contribution in [1.82, 2.24) is 15.0 Å². The zero-order valence-corrected chi connectivity index (χ0v) is 12.4. The van der Waals surface area contributed by atoms with Crippen molar-refractivity contribution in [3.05, 3.63) is 46.0 Å². The summed E-state index contributed by atoms with van der Waals surface area (Å²) in [5.41, 5.74) is 12.6. The topological polar surface area (TPSA) is 115 Å². The summed E-state index contributed by atoms with van der Waals surface area (Å²) in [6, 6.07) is 7.79. The van der Waals surface area contributed by atoms with Crippen LogP contribution in [0.3, 0.4) is 0 Å². The number of nitrogens with one attached hydrogen (secondary N) is 1. The van der Waals surface area contributed by atoms with E-state index in [0.29, 0.717) is 19.0 Å². The number of hydrogen-bond acceptors (Lipinski definition) is 5. The summed E-state index contributed by atoms with van der Waals surface area (Å²) in [5, 5.41) is 3.11. The maximum absolute atomic E-state index is 5.69. The molecule has 0 aliphatic heterocycles. The monoisotopic (exact) mass is 325 g/mol. The number of aliphatic imine (C=N–C) groups is 1. The molecule has 2 rings (SSSR count). The highest BCUT2D eigenvalue weighted by Crippen LogP contribution is 2.11. The average Bonchev–Trinajstić information content (AvgIpc) is 2.43. The minimum Gasteiger partial charge on any atom is -0.370 e. The number of anilines is 1. The predicted molar refractivity (Wildman–Crippen MR) is 83.1 cm³/mol. The summed E-state index contributed by atoms with van der Waals surface area (Å²) < 4.78 is 0. The molecule has 0 saturated carbocycles. The largest absolute Gasteiger partial charge is 0.370 e. The van der Waals surface area contributed by atoms with Gasteiger partial charge >= 0.3 is 0 Å². The van der Waals surface area contributed by atoms with E-state index >= 15 is 0 Å². The van der Waals surface area contributed by atoms with E-state index in [4.69, 9.17) is 34.7 Å². The quantitative estimate of drug-likeness (QED) is 0.567. The molecule has 21 heavy (non-hydrogen) atoms. The van der Waals surface area contributed by atoms with Crippen LogP contribution in [-0.2, 0) is 13.1 Å². The third-order valence-electron chi connectivity index (χ3n) is 2.50. The van der Waals surface area contributed by atoms with Crippen molar-refractivity contribution in [2.24, 2.45) is 16.5 Å². The number of rotatable bonds is 5. The maximum Gasteiger partial charge on any atom is 0.228 e. The lowest BCUT2D eigenvalue weighted by Gasteiger charge is -2.06. The van der Waals surface area contributed by atoms with Gasteiger partial charge in [0.1, 0.15) is 0 Å². The molecule has 110 valence electrons. The van der Waals surface area contributed by atoms with Gasteiger partial charge in [0.15, 0.2) is 5.96 Å². The molecule has 0 unspecified atom stereocenters. The molecule has 0 fully saturated rings. The van der Waals surface area contributed by atoms with Gasteiger partial charge in [0, 0.05) is 6.54 Å². The molecule has 1 aromatic carbocycles. The Morgan fingerprint density at radius 3 is 2.14 bits per heavy atom. The molecule has 2 aromatic rings. The van der Waals surface area contributed by atoms with Gasteiger partial charge in [-0.05, 0) is 34.3 Å². The number of nitrogens with zero attached hydrogens (tertiary/aromatic N) is 4. The van der Waals surface area contributed by atoms with Crippen LogP contribution in [-0.4, -0.2) is 20.9 Å². The molecule has 5 N–H and O–H groups in total. The zero-order chi connectivity index (χ0) is 15.2. The van der Waals surface area contributed by atoms with E-state index in [1.807, 2.05) is 24.3 Å². The van der Waals surface area contributed by atoms with E-state index in [9.17, 15) is 0 Å². The smallest absolute Gasteiger partial charge is 0.228 e. The molecular formula is C12H13Cl2N7. The minimum atomic E-state index is 0.0464. The van der Waals surface area contributed by atoms with Crippen LogP contribution in [0, 0.1) is 0 Å². The zero-order valence-electron chi connectivity index (χ0n) is 10.9. The van der Waals surface area contributed by atoms with Crippen LogP contribution >= 0.6 is 23.2 Å². The maximum atomic E-state index is 5.69. The second-order valence-corrected chi connectivity index (χ2v) is 4.78. The summed E-state index contributed by atoms with van der Waals surface area (Å²) in [5.74, 6) is 0.397. The highest BCUT2D eigenvalue weighted by Gasteiger charge is 2.02. The van der Waals surface area contributed by atoms with E-state index in [0.717, 1.165) is 11.1 Å². The summed E-state index contributed by atoms with van der Waals surface area (Å²) in [6.07, 6.45) is 0. The van der Waals surface area contributed by atoms with E-state index in [1.54, 1.807) is 0 Å². The van der Waals surface area contributed by atoms with Crippen molar-refractivity contribution in [3.8, 4) is 0 Å². The first-order valence-corrected chi connectivity index (χ1v) is 6.72. The molecule has 0 aliphatic carbocycles. The van der Waals surface area contributed by atoms with Gasteiger partial charge in [-0.2, -0.15) is 15.0 Å². The van der Waals surface area contributed by atoms with Gasteiger partial charge in [-0.3, -0.25) is 0 Å². The molecular weight excluding hydrogens is 313 g/mol. The van der Waals surface area contributed by atoms with Crippen molar-refractivity contribution < 1.29 is 0 Å². The summed E-state index contributed by atoms with van der Waals surface area (Å²) in [6.45, 7) is 0.980. The van der Waals surface area contributed by atoms with Gasteiger partial charge < -0.3 is 16.8 Å². The second-order valence-electron chi connectivity index (χ2n) is 4.11. The SMILES string of the molecule is NC(N)=NCc1ccc(CNc2nc(Cl)nc(Cl)n2)cc1. The molecule has 1 aromatic heterocycles. The lowest BCUT2D eigenvalue weighted by atomic mass is 10.1. The standard InChI is InChI=1S/C12H13Cl2N7/c13-9-19-10(14)21-12(20-9)18-6-8-3-1-7(2-4-8)5-17-11(15)16/h1-4H,5-6H2,(H4,15,16,17)(H,18,19,20,21). The van der Waals surface area contributed by atoms with Crippen molar-refractivity contribution >= 4 is 35.1 Å². The van der Waals surface area contributed by atoms with E-state index in [-0.39, 0.29) is 16.5 Å². The van der Waals surface area contributed by atoms with Crippen LogP contribution in [0.4, 0.5) is 5.95 Å². The molecule has 7 nitrogen and oxygen atoms in total. The van der Waals surface area contributed by atoms with E-state index in [2.05, 4.69) is 25.3 Å². The Bertz CT molecular complexity index is 618. The Balaban J connectivity index is 1.95. The Kier molecular flexibility index (Phi) is 5.13. The minimum absolute atomic E-state index is 0.0464. The molecule has 9 heteroatoms. The van der Waals surface area contributed by atoms with Gasteiger partial charge in [-0.15, -0.1) is 0 Å². The van der Waals surface area contributed by atoms with Crippen LogP contribution in [0.1, 0.15) is 11.1 Å². The Morgan fingerprint density at radius 1 is 1.00 bits per heavy atom. The fourth-order valence-corrected chi connectivity index (χ4v) is 1.89. The van der Waals surface area contributed by atoms with Gasteiger partial charge in [-0.1, -0.05) is 24.3 Å². The van der Waals surface area contributed by atoms with Gasteiger partial charge in [0.25, 0.3) is 0 Å². The molecule has 1 heterocycles. The third-order valence-corrected chi connectivity index (χ3v) is 2.84. The molecule has 0 saturated heterocycles. The number of nitrogens with two attached hydrogens (primary N) is 2. The van der Waals surface area contributed by atoms with Crippen molar-refractivity contribution in [1.29, 1.82) is 0 Å². The number of halogens is 2. The van der Waals surface area contributed by atoms with Gasteiger partial charge in [-0.25, -0.2) is 4.99 Å². The molecule has 0 atom stereocenters. The van der Waals surface area contributed by atoms with E-state index in [1.165, 1.54) is 0 Å². The Morgan fingerprint density at radius 2 is 1.57 bits per heavy atom. The highest BCUT2D eigenvalue weighted by molar-refractivity contribution is 6.31. The Labute approximate surface area is 131 Å². The van der Waals surface area contributed by atoms with Crippen LogP contribution in [0.15, 0.2) is 29.3 Å². The van der Waals surface area contributed by atoms with Gasteiger partial charge in [0.05, 0.1) is 6.54 Å². The van der Waals surface area contributed by atoms with Crippen molar-refractivity contribution in [2.45, 2.75) is 13.1 Å². The van der Waals surface area contributed by atoms with Crippen molar-refractivity contribution in [2.75, 3.05) is 5.32 Å². The van der Waals surface area contributed by atoms with Crippen LogP contribution in [0.25, 0.3) is 0 Å². The lowest BCUT2D eigenvalue weighted by Crippen LogP contribution is -2.22. The lowest BCUT2D eigenvalue weighted by molar-refractivity contribution is 0.998. The first-order chi connectivity index (χ1) is 10.0. The second kappa shape index (κ2) is 7.05. The fraction of sp³-hybridized carbons (Fsp3) is 0.167. The van der Waals surface area contributed by atoms with Crippen LogP contribution < -0.4 is 16.8 Å². The number of guanidine groups is 1. The fourth-order valence-electron chi connectivity index (χ4n) is 1.53. The molecule has 0 spiro atoms. The van der Waals surface area contributed by atoms with E-state index < -0.39 is 0 Å². The summed E-state index contributed by atoms with van der Waals surface area (Å²) in [7, 11) is 0. The Hall–Kier alpha value is -2.12. The normalized spacial score (nSPS) is 10.2.